The predicted molar refractivity (Wildman–Crippen MR) is 71.9 cm³/mol. The fourth-order valence-electron chi connectivity index (χ4n) is 3.13. The highest BCUT2D eigenvalue weighted by Crippen LogP contribution is 2.37. The largest absolute Gasteiger partial charge is 0.460 e. The Morgan fingerprint density at radius 2 is 2.11 bits per heavy atom. The van der Waals surface area contributed by atoms with Crippen LogP contribution in [-0.4, -0.2) is 27.3 Å². The summed E-state index contributed by atoms with van der Waals surface area (Å²) in [6.07, 6.45) is 3.45. The molecule has 5 heteroatoms. The highest BCUT2D eigenvalue weighted by Gasteiger charge is 2.31. The van der Waals surface area contributed by atoms with Crippen LogP contribution in [0.4, 0.5) is 0 Å². The van der Waals surface area contributed by atoms with E-state index in [0.717, 1.165) is 18.2 Å². The quantitative estimate of drug-likeness (QED) is 0.788. The van der Waals surface area contributed by atoms with E-state index in [1.807, 2.05) is 11.5 Å². The summed E-state index contributed by atoms with van der Waals surface area (Å²) in [6, 6.07) is 0.311. The summed E-state index contributed by atoms with van der Waals surface area (Å²) in [5, 5.41) is 8.06. The number of hydrogen-bond donors (Lipinski definition) is 0. The van der Waals surface area contributed by atoms with Crippen molar-refractivity contribution in [1.82, 2.24) is 14.8 Å². The zero-order valence-electron chi connectivity index (χ0n) is 12.2. The number of aryl methyl sites for hydroxylation is 1. The summed E-state index contributed by atoms with van der Waals surface area (Å²) in [7, 11) is 0. The number of carbonyl (C=O) groups excluding carboxylic acids is 1. The maximum atomic E-state index is 11.9. The van der Waals surface area contributed by atoms with Gasteiger partial charge in [0.05, 0.1) is 6.61 Å². The first-order valence-corrected chi connectivity index (χ1v) is 7.13. The second kappa shape index (κ2) is 5.72. The van der Waals surface area contributed by atoms with Crippen LogP contribution < -0.4 is 0 Å². The number of esters is 1. The molecule has 0 saturated heterocycles. The van der Waals surface area contributed by atoms with Gasteiger partial charge in [-0.2, -0.15) is 0 Å². The van der Waals surface area contributed by atoms with E-state index in [1.165, 1.54) is 12.8 Å². The van der Waals surface area contributed by atoms with Crippen LogP contribution in [0.1, 0.15) is 62.5 Å². The molecule has 3 atom stereocenters. The van der Waals surface area contributed by atoms with Crippen molar-refractivity contribution in [1.29, 1.82) is 0 Å². The van der Waals surface area contributed by atoms with Gasteiger partial charge in [-0.25, -0.2) is 4.79 Å². The molecule has 0 radical (unpaired) electrons. The number of rotatable bonds is 3. The van der Waals surface area contributed by atoms with Crippen molar-refractivity contribution in [3.05, 3.63) is 11.6 Å². The molecule has 5 nitrogen and oxygen atoms in total. The van der Waals surface area contributed by atoms with E-state index in [9.17, 15) is 4.79 Å². The van der Waals surface area contributed by atoms with Crippen LogP contribution in [0.3, 0.4) is 0 Å². The van der Waals surface area contributed by atoms with Crippen molar-refractivity contribution >= 4 is 5.97 Å². The maximum Gasteiger partial charge on any atom is 0.376 e. The third-order valence-electron chi connectivity index (χ3n) is 4.04. The van der Waals surface area contributed by atoms with Gasteiger partial charge in [0.2, 0.25) is 5.82 Å². The van der Waals surface area contributed by atoms with Crippen molar-refractivity contribution in [3.63, 3.8) is 0 Å². The van der Waals surface area contributed by atoms with Gasteiger partial charge in [0.15, 0.2) is 0 Å². The monoisotopic (exact) mass is 265 g/mol. The van der Waals surface area contributed by atoms with Crippen LogP contribution >= 0.6 is 0 Å². The molecule has 0 aliphatic heterocycles. The van der Waals surface area contributed by atoms with Crippen LogP contribution in [0.15, 0.2) is 0 Å². The maximum absolute atomic E-state index is 11.9. The molecule has 1 aliphatic carbocycles. The number of nitrogens with zero attached hydrogens (tertiary/aromatic N) is 3. The third kappa shape index (κ3) is 2.80. The van der Waals surface area contributed by atoms with Gasteiger partial charge in [-0.1, -0.05) is 13.8 Å². The zero-order chi connectivity index (χ0) is 14.0. The number of aromatic nitrogens is 3. The highest BCUT2D eigenvalue weighted by molar-refractivity contribution is 5.85. The molecule has 3 unspecified atom stereocenters. The van der Waals surface area contributed by atoms with Gasteiger partial charge in [-0.3, -0.25) is 0 Å². The van der Waals surface area contributed by atoms with Crippen LogP contribution in [-0.2, 0) is 4.74 Å². The number of ether oxygens (including phenoxy) is 1. The van der Waals surface area contributed by atoms with E-state index in [-0.39, 0.29) is 5.97 Å². The van der Waals surface area contributed by atoms with Gasteiger partial charge in [-0.05, 0) is 44.9 Å². The van der Waals surface area contributed by atoms with E-state index in [4.69, 9.17) is 4.74 Å². The minimum Gasteiger partial charge on any atom is -0.460 e. The first-order valence-electron chi connectivity index (χ1n) is 7.13. The topological polar surface area (TPSA) is 57.0 Å². The minimum atomic E-state index is -0.367. The fourth-order valence-corrected chi connectivity index (χ4v) is 3.13. The molecule has 1 saturated carbocycles. The first kappa shape index (κ1) is 14.0. The lowest BCUT2D eigenvalue weighted by Gasteiger charge is -2.34. The number of carbonyl (C=O) groups is 1. The first-order chi connectivity index (χ1) is 9.04. The minimum absolute atomic E-state index is 0.311. The second-order valence-corrected chi connectivity index (χ2v) is 5.62. The van der Waals surface area contributed by atoms with E-state index >= 15 is 0 Å². The predicted octanol–water partition coefficient (Wildman–Crippen LogP) is 2.76. The molecular weight excluding hydrogens is 242 g/mol. The van der Waals surface area contributed by atoms with Gasteiger partial charge in [0, 0.05) is 6.04 Å². The van der Waals surface area contributed by atoms with Crippen LogP contribution in [0.5, 0.6) is 0 Å². The Balaban J connectivity index is 2.28. The van der Waals surface area contributed by atoms with Crippen molar-refractivity contribution in [2.24, 2.45) is 11.8 Å². The fraction of sp³-hybridized carbons (Fsp3) is 0.786. The van der Waals surface area contributed by atoms with Gasteiger partial charge in [0.1, 0.15) is 5.82 Å². The summed E-state index contributed by atoms with van der Waals surface area (Å²) < 4.78 is 7.05. The van der Waals surface area contributed by atoms with E-state index in [1.54, 1.807) is 6.92 Å². The van der Waals surface area contributed by atoms with Crippen molar-refractivity contribution in [2.45, 2.75) is 53.0 Å². The molecule has 2 rings (SSSR count). The lowest BCUT2D eigenvalue weighted by molar-refractivity contribution is 0.0496. The molecule has 0 N–H and O–H groups in total. The van der Waals surface area contributed by atoms with Crippen molar-refractivity contribution in [2.75, 3.05) is 6.61 Å². The smallest absolute Gasteiger partial charge is 0.376 e. The van der Waals surface area contributed by atoms with Crippen molar-refractivity contribution in [3.8, 4) is 0 Å². The molecule has 1 aromatic rings. The van der Waals surface area contributed by atoms with E-state index in [0.29, 0.717) is 24.4 Å². The molecule has 1 aliphatic rings. The molecule has 1 heterocycles. The highest BCUT2D eigenvalue weighted by atomic mass is 16.5. The van der Waals surface area contributed by atoms with Crippen molar-refractivity contribution < 1.29 is 9.53 Å². The Bertz CT molecular complexity index is 456. The summed E-state index contributed by atoms with van der Waals surface area (Å²) in [5.74, 6) is 2.08. The standard InChI is InChI=1S/C14H23N3O2/c1-5-19-14(18)13-16-15-11(4)17(13)12-7-6-9(2)8-10(12)3/h9-10,12H,5-8H2,1-4H3. The average molecular weight is 265 g/mol. The molecule has 19 heavy (non-hydrogen) atoms. The Kier molecular flexibility index (Phi) is 4.22. The summed E-state index contributed by atoms with van der Waals surface area (Å²) in [6.45, 7) is 8.60. The molecule has 0 spiro atoms. The van der Waals surface area contributed by atoms with Crippen LogP contribution in [0.2, 0.25) is 0 Å². The third-order valence-corrected chi connectivity index (χ3v) is 4.04. The molecule has 0 aromatic carbocycles. The van der Waals surface area contributed by atoms with Gasteiger partial charge in [0.25, 0.3) is 0 Å². The summed E-state index contributed by atoms with van der Waals surface area (Å²) in [4.78, 5) is 11.9. The van der Waals surface area contributed by atoms with E-state index in [2.05, 4.69) is 24.0 Å². The Morgan fingerprint density at radius 3 is 2.74 bits per heavy atom. The van der Waals surface area contributed by atoms with Gasteiger partial charge in [-0.15, -0.1) is 10.2 Å². The molecule has 1 fully saturated rings. The lowest BCUT2D eigenvalue weighted by Crippen LogP contribution is -2.28. The Labute approximate surface area is 114 Å². The summed E-state index contributed by atoms with van der Waals surface area (Å²) in [5.41, 5.74) is 0. The second-order valence-electron chi connectivity index (χ2n) is 5.62. The van der Waals surface area contributed by atoms with E-state index < -0.39 is 0 Å². The normalized spacial score (nSPS) is 27.3. The molecule has 0 amide bonds. The Morgan fingerprint density at radius 1 is 1.37 bits per heavy atom. The van der Waals surface area contributed by atoms with Crippen LogP contribution in [0, 0.1) is 18.8 Å². The van der Waals surface area contributed by atoms with Crippen LogP contribution in [0.25, 0.3) is 0 Å². The molecule has 0 bridgehead atoms. The lowest BCUT2D eigenvalue weighted by atomic mass is 9.79. The average Bonchev–Trinajstić information content (AvgIpc) is 2.72. The Hall–Kier alpha value is -1.39. The van der Waals surface area contributed by atoms with Gasteiger partial charge < -0.3 is 9.30 Å². The van der Waals surface area contributed by atoms with Gasteiger partial charge >= 0.3 is 5.97 Å². The molecular formula is C14H23N3O2. The summed E-state index contributed by atoms with van der Waals surface area (Å²) >= 11 is 0. The molecule has 1 aromatic heterocycles. The molecule has 106 valence electrons. The number of hydrogen-bond acceptors (Lipinski definition) is 4. The SMILES string of the molecule is CCOC(=O)c1nnc(C)n1C1CCC(C)CC1C. The zero-order valence-corrected chi connectivity index (χ0v) is 12.2.